The zero-order chi connectivity index (χ0) is 14.2. The molecular weight excluding hydrogens is 282 g/mol. The van der Waals surface area contributed by atoms with Crippen molar-refractivity contribution in [2.24, 2.45) is 0 Å². The maximum atomic E-state index is 11.0. The van der Waals surface area contributed by atoms with Crippen LogP contribution in [0.5, 0.6) is 5.75 Å². The van der Waals surface area contributed by atoms with Crippen LogP contribution in [0.25, 0.3) is 0 Å². The number of carbonyl (C=O) groups is 1. The molecule has 1 N–H and O–H groups in total. The Balaban J connectivity index is 2.50. The molecule has 0 amide bonds. The van der Waals surface area contributed by atoms with E-state index in [2.05, 4.69) is 0 Å². The molecule has 0 saturated carbocycles. The minimum Gasteiger partial charge on any atom is -0.497 e. The van der Waals surface area contributed by atoms with Crippen molar-refractivity contribution in [2.75, 3.05) is 18.6 Å². The largest absolute Gasteiger partial charge is 0.497 e. The van der Waals surface area contributed by atoms with Crippen LogP contribution in [0, 0.1) is 0 Å². The van der Waals surface area contributed by atoms with Gasteiger partial charge in [0.1, 0.15) is 12.3 Å². The van der Waals surface area contributed by atoms with Gasteiger partial charge in [-0.3, -0.25) is 4.79 Å². The van der Waals surface area contributed by atoms with Crippen LogP contribution >= 0.6 is 24.0 Å². The van der Waals surface area contributed by atoms with Crippen molar-refractivity contribution in [3.8, 4) is 5.75 Å². The lowest BCUT2D eigenvalue weighted by atomic mass is 10.1. The molecule has 0 spiro atoms. The van der Waals surface area contributed by atoms with E-state index in [1.165, 1.54) is 0 Å². The van der Waals surface area contributed by atoms with Gasteiger partial charge in [0.25, 0.3) is 0 Å². The van der Waals surface area contributed by atoms with Crippen molar-refractivity contribution in [3.05, 3.63) is 18.2 Å². The summed E-state index contributed by atoms with van der Waals surface area (Å²) in [6, 6.07) is 5.58. The third kappa shape index (κ3) is 2.69. The highest BCUT2D eigenvalue weighted by Crippen LogP contribution is 2.46. The van der Waals surface area contributed by atoms with Gasteiger partial charge in [-0.25, -0.2) is 0 Å². The average Bonchev–Trinajstić information content (AvgIpc) is 2.33. The van der Waals surface area contributed by atoms with Gasteiger partial charge in [0.05, 0.1) is 22.5 Å². The van der Waals surface area contributed by atoms with Crippen molar-refractivity contribution in [3.63, 3.8) is 0 Å². The summed E-state index contributed by atoms with van der Waals surface area (Å²) in [5.74, 6) is -0.142. The number of fused-ring (bicyclic) bond motifs is 1. The molecule has 1 aliphatic heterocycles. The predicted octanol–water partition coefficient (Wildman–Crippen LogP) is 2.80. The van der Waals surface area contributed by atoms with Gasteiger partial charge in [0.15, 0.2) is 0 Å². The summed E-state index contributed by atoms with van der Waals surface area (Å²) >= 11 is 7.06. The SMILES string of the molecule is COc1ccc2c(c1)SC(C)(C)C(=S)N2CC(=O)O. The summed E-state index contributed by atoms with van der Waals surface area (Å²) in [5, 5.41) is 9.05. The van der Waals surface area contributed by atoms with E-state index in [9.17, 15) is 4.79 Å². The van der Waals surface area contributed by atoms with E-state index >= 15 is 0 Å². The van der Waals surface area contributed by atoms with Crippen molar-refractivity contribution in [2.45, 2.75) is 23.5 Å². The minimum absolute atomic E-state index is 0.123. The van der Waals surface area contributed by atoms with E-state index in [1.807, 2.05) is 32.0 Å². The zero-order valence-electron chi connectivity index (χ0n) is 11.0. The Kier molecular flexibility index (Phi) is 3.73. The Morgan fingerprint density at radius 3 is 2.79 bits per heavy atom. The highest BCUT2D eigenvalue weighted by atomic mass is 32.2. The fraction of sp³-hybridized carbons (Fsp3) is 0.385. The molecule has 102 valence electrons. The van der Waals surface area contributed by atoms with E-state index in [-0.39, 0.29) is 11.3 Å². The Morgan fingerprint density at radius 2 is 2.21 bits per heavy atom. The van der Waals surface area contributed by atoms with Crippen molar-refractivity contribution >= 4 is 40.6 Å². The lowest BCUT2D eigenvalue weighted by molar-refractivity contribution is -0.135. The first-order valence-corrected chi connectivity index (χ1v) is 6.98. The lowest BCUT2D eigenvalue weighted by Crippen LogP contribution is -2.47. The maximum Gasteiger partial charge on any atom is 0.323 e. The number of ether oxygens (including phenoxy) is 1. The van der Waals surface area contributed by atoms with E-state index in [0.29, 0.717) is 4.99 Å². The molecule has 0 aliphatic carbocycles. The van der Waals surface area contributed by atoms with Crippen LogP contribution in [0.4, 0.5) is 5.69 Å². The first kappa shape index (κ1) is 14.1. The van der Waals surface area contributed by atoms with E-state index < -0.39 is 5.97 Å². The molecule has 19 heavy (non-hydrogen) atoms. The van der Waals surface area contributed by atoms with E-state index in [4.69, 9.17) is 22.1 Å². The molecular formula is C13H15NO3S2. The average molecular weight is 297 g/mol. The molecule has 6 heteroatoms. The van der Waals surface area contributed by atoms with Gasteiger partial charge in [-0.15, -0.1) is 11.8 Å². The first-order chi connectivity index (χ1) is 8.85. The van der Waals surface area contributed by atoms with Crippen molar-refractivity contribution in [1.29, 1.82) is 0 Å². The lowest BCUT2D eigenvalue weighted by Gasteiger charge is -2.40. The summed E-state index contributed by atoms with van der Waals surface area (Å²) < 4.78 is 4.90. The number of thioether (sulfide) groups is 1. The fourth-order valence-corrected chi connectivity index (χ4v) is 3.46. The van der Waals surface area contributed by atoms with Gasteiger partial charge in [0, 0.05) is 4.90 Å². The number of benzene rings is 1. The summed E-state index contributed by atoms with van der Waals surface area (Å²) in [7, 11) is 1.61. The molecule has 0 bridgehead atoms. The van der Waals surface area contributed by atoms with E-state index in [0.717, 1.165) is 16.3 Å². The Morgan fingerprint density at radius 1 is 1.53 bits per heavy atom. The third-order valence-corrected chi connectivity index (χ3v) is 4.99. The van der Waals surface area contributed by atoms with Gasteiger partial charge in [-0.2, -0.15) is 0 Å². The molecule has 0 aromatic heterocycles. The Hall–Kier alpha value is -1.27. The van der Waals surface area contributed by atoms with Crippen LogP contribution in [0.15, 0.2) is 23.1 Å². The number of nitrogens with zero attached hydrogens (tertiary/aromatic N) is 1. The fourth-order valence-electron chi connectivity index (χ4n) is 1.97. The zero-order valence-corrected chi connectivity index (χ0v) is 12.6. The predicted molar refractivity (Wildman–Crippen MR) is 80.5 cm³/mol. The molecule has 1 heterocycles. The van der Waals surface area contributed by atoms with Crippen LogP contribution in [-0.2, 0) is 4.79 Å². The first-order valence-electron chi connectivity index (χ1n) is 5.76. The number of aliphatic carboxylic acids is 1. The number of methoxy groups -OCH3 is 1. The number of carboxylic acids is 1. The Bertz CT molecular complexity index is 543. The quantitative estimate of drug-likeness (QED) is 0.866. The summed E-state index contributed by atoms with van der Waals surface area (Å²) in [6.07, 6.45) is 0. The molecule has 0 unspecified atom stereocenters. The number of rotatable bonds is 3. The molecule has 0 radical (unpaired) electrons. The van der Waals surface area contributed by atoms with Crippen LogP contribution in [0.2, 0.25) is 0 Å². The molecule has 0 atom stereocenters. The Labute approximate surface area is 121 Å². The second-order valence-electron chi connectivity index (χ2n) is 4.73. The second kappa shape index (κ2) is 5.02. The summed E-state index contributed by atoms with van der Waals surface area (Å²) in [6.45, 7) is 3.87. The van der Waals surface area contributed by atoms with Crippen LogP contribution in [0.1, 0.15) is 13.8 Å². The molecule has 1 aromatic rings. The number of hydrogen-bond acceptors (Lipinski definition) is 4. The monoisotopic (exact) mass is 297 g/mol. The minimum atomic E-state index is -0.896. The third-order valence-electron chi connectivity index (χ3n) is 2.88. The van der Waals surface area contributed by atoms with Gasteiger partial charge >= 0.3 is 5.97 Å². The maximum absolute atomic E-state index is 11.0. The topological polar surface area (TPSA) is 49.8 Å². The molecule has 1 aliphatic rings. The number of anilines is 1. The summed E-state index contributed by atoms with van der Waals surface area (Å²) in [4.78, 5) is 14.3. The molecule has 4 nitrogen and oxygen atoms in total. The molecule has 0 fully saturated rings. The highest BCUT2D eigenvalue weighted by Gasteiger charge is 2.37. The standard InChI is InChI=1S/C13H15NO3S2/c1-13(2)12(18)14(7-11(15)16)9-5-4-8(17-3)6-10(9)19-13/h4-6H,7H2,1-3H3,(H,15,16). The van der Waals surface area contributed by atoms with Gasteiger partial charge in [-0.05, 0) is 32.0 Å². The van der Waals surface area contributed by atoms with Crippen molar-refractivity contribution in [1.82, 2.24) is 0 Å². The molecule has 2 rings (SSSR count). The van der Waals surface area contributed by atoms with E-state index in [1.54, 1.807) is 23.8 Å². The number of thiocarbonyl (C=S) groups is 1. The molecule has 0 saturated heterocycles. The van der Waals surface area contributed by atoms with Gasteiger partial charge < -0.3 is 14.7 Å². The van der Waals surface area contributed by atoms with Crippen LogP contribution < -0.4 is 9.64 Å². The van der Waals surface area contributed by atoms with Crippen molar-refractivity contribution < 1.29 is 14.6 Å². The summed E-state index contributed by atoms with van der Waals surface area (Å²) in [5.41, 5.74) is 0.831. The van der Waals surface area contributed by atoms with Crippen LogP contribution in [0.3, 0.4) is 0 Å². The second-order valence-corrected chi connectivity index (χ2v) is 6.78. The van der Waals surface area contributed by atoms with Gasteiger partial charge in [0.2, 0.25) is 0 Å². The normalized spacial score (nSPS) is 17.0. The smallest absolute Gasteiger partial charge is 0.323 e. The number of carboxylic acid groups (broad SMARTS) is 1. The molecule has 1 aromatic carbocycles. The van der Waals surface area contributed by atoms with Gasteiger partial charge in [-0.1, -0.05) is 12.2 Å². The highest BCUT2D eigenvalue weighted by molar-refractivity contribution is 8.03. The van der Waals surface area contributed by atoms with Crippen LogP contribution in [-0.4, -0.2) is 34.5 Å². The number of hydrogen-bond donors (Lipinski definition) is 1.